The van der Waals surface area contributed by atoms with Gasteiger partial charge in [-0.05, 0) is 18.8 Å². The molecule has 4 amide bonds. The van der Waals surface area contributed by atoms with E-state index in [-0.39, 0.29) is 18.8 Å². The predicted octanol–water partition coefficient (Wildman–Crippen LogP) is 1.36. The minimum Gasteiger partial charge on any atom is -0.481 e. The van der Waals surface area contributed by atoms with Crippen molar-refractivity contribution in [3.63, 3.8) is 0 Å². The molecule has 0 saturated carbocycles. The molecule has 0 saturated heterocycles. The van der Waals surface area contributed by atoms with Gasteiger partial charge in [-0.15, -0.1) is 0 Å². The summed E-state index contributed by atoms with van der Waals surface area (Å²) in [6.45, 7) is 7.57. The van der Waals surface area contributed by atoms with E-state index in [1.54, 1.807) is 13.8 Å². The Hall–Kier alpha value is -2.69. The largest absolute Gasteiger partial charge is 0.481 e. The van der Waals surface area contributed by atoms with Crippen LogP contribution in [-0.2, 0) is 24.0 Å². The lowest BCUT2D eigenvalue weighted by Crippen LogP contribution is -2.57. The standard InChI is InChI=1S/C25H46N4O7/c1-5-8-9-10-11-13-17(30)14-20(31)29-22(16(4)7-3)25(36)27-18(12-6-2)24(35)28-19(23(26)34)15-21(32)33/h16-19,22,30H,5-15H2,1-4H3,(H2,26,34)(H,27,36)(H,28,35)(H,29,31)(H,32,33). The number of primary amides is 1. The molecule has 0 heterocycles. The molecule has 11 heteroatoms. The summed E-state index contributed by atoms with van der Waals surface area (Å²) in [7, 11) is 0. The third-order valence-electron chi connectivity index (χ3n) is 6.12. The molecule has 5 atom stereocenters. The highest BCUT2D eigenvalue weighted by atomic mass is 16.4. The van der Waals surface area contributed by atoms with Gasteiger partial charge in [0.1, 0.15) is 18.1 Å². The molecule has 7 N–H and O–H groups in total. The van der Waals surface area contributed by atoms with Crippen LogP contribution in [0.2, 0.25) is 0 Å². The highest BCUT2D eigenvalue weighted by molar-refractivity contribution is 5.95. The van der Waals surface area contributed by atoms with Crippen molar-refractivity contribution < 1.29 is 34.2 Å². The average Bonchev–Trinajstić information content (AvgIpc) is 2.80. The summed E-state index contributed by atoms with van der Waals surface area (Å²) in [6.07, 6.45) is 5.40. The molecule has 0 aliphatic heterocycles. The molecule has 0 radical (unpaired) electrons. The summed E-state index contributed by atoms with van der Waals surface area (Å²) in [4.78, 5) is 60.8. The summed E-state index contributed by atoms with van der Waals surface area (Å²) in [6, 6.07) is -3.40. The average molecular weight is 515 g/mol. The number of aliphatic carboxylic acids is 1. The van der Waals surface area contributed by atoms with Crippen molar-refractivity contribution in [3.05, 3.63) is 0 Å². The van der Waals surface area contributed by atoms with Gasteiger partial charge in [0.25, 0.3) is 0 Å². The molecule has 11 nitrogen and oxygen atoms in total. The Morgan fingerprint density at radius 3 is 1.92 bits per heavy atom. The van der Waals surface area contributed by atoms with Gasteiger partial charge in [0.05, 0.1) is 18.9 Å². The Balaban J connectivity index is 5.17. The Morgan fingerprint density at radius 1 is 0.778 bits per heavy atom. The van der Waals surface area contributed by atoms with Gasteiger partial charge in [0.15, 0.2) is 0 Å². The first-order chi connectivity index (χ1) is 17.0. The molecule has 0 rings (SSSR count). The first-order valence-corrected chi connectivity index (χ1v) is 13.1. The van der Waals surface area contributed by atoms with Gasteiger partial charge in [-0.1, -0.05) is 72.6 Å². The minimum atomic E-state index is -1.42. The van der Waals surface area contributed by atoms with Crippen molar-refractivity contribution >= 4 is 29.6 Å². The fraction of sp³-hybridized carbons (Fsp3) is 0.800. The molecule has 0 spiro atoms. The molecule has 5 unspecified atom stereocenters. The van der Waals surface area contributed by atoms with Gasteiger partial charge in [-0.2, -0.15) is 0 Å². The number of carbonyl (C=O) groups excluding carboxylic acids is 4. The van der Waals surface area contributed by atoms with Crippen LogP contribution in [0.1, 0.15) is 98.3 Å². The molecule has 208 valence electrons. The third-order valence-corrected chi connectivity index (χ3v) is 6.12. The summed E-state index contributed by atoms with van der Waals surface area (Å²) in [5, 5.41) is 26.7. The van der Waals surface area contributed by atoms with Crippen molar-refractivity contribution in [3.8, 4) is 0 Å². The number of nitrogens with one attached hydrogen (secondary N) is 3. The zero-order chi connectivity index (χ0) is 27.7. The molecule has 0 bridgehead atoms. The molecular formula is C25H46N4O7. The number of nitrogens with two attached hydrogens (primary N) is 1. The maximum atomic E-state index is 13.1. The SMILES string of the molecule is CCCCCCCC(O)CC(=O)NC(C(=O)NC(CCC)C(=O)NC(CC(=O)O)C(N)=O)C(C)CC. The Bertz CT molecular complexity index is 717. The van der Waals surface area contributed by atoms with Crippen LogP contribution in [0.25, 0.3) is 0 Å². The molecule has 0 aromatic heterocycles. The van der Waals surface area contributed by atoms with E-state index in [1.165, 1.54) is 0 Å². The van der Waals surface area contributed by atoms with Crippen LogP contribution in [-0.4, -0.2) is 64.0 Å². The van der Waals surface area contributed by atoms with Gasteiger partial charge in [0, 0.05) is 0 Å². The van der Waals surface area contributed by atoms with Gasteiger partial charge >= 0.3 is 5.97 Å². The highest BCUT2D eigenvalue weighted by Gasteiger charge is 2.31. The number of hydrogen-bond donors (Lipinski definition) is 6. The molecule has 0 aliphatic rings. The Morgan fingerprint density at radius 2 is 1.39 bits per heavy atom. The van der Waals surface area contributed by atoms with E-state index in [0.29, 0.717) is 19.3 Å². The number of carboxylic acid groups (broad SMARTS) is 1. The number of aliphatic hydroxyl groups excluding tert-OH is 1. The van der Waals surface area contributed by atoms with Crippen LogP contribution in [0.4, 0.5) is 0 Å². The molecule has 0 fully saturated rings. The summed E-state index contributed by atoms with van der Waals surface area (Å²) >= 11 is 0. The van der Waals surface area contributed by atoms with Crippen molar-refractivity contribution in [1.82, 2.24) is 16.0 Å². The van der Waals surface area contributed by atoms with E-state index < -0.39 is 60.2 Å². The van der Waals surface area contributed by atoms with Crippen LogP contribution in [0.5, 0.6) is 0 Å². The summed E-state index contributed by atoms with van der Waals surface area (Å²) < 4.78 is 0. The van der Waals surface area contributed by atoms with Gasteiger partial charge in [0.2, 0.25) is 23.6 Å². The second kappa shape index (κ2) is 18.6. The van der Waals surface area contributed by atoms with Gasteiger partial charge < -0.3 is 31.9 Å². The number of hydrogen-bond acceptors (Lipinski definition) is 6. The van der Waals surface area contributed by atoms with Crippen LogP contribution < -0.4 is 21.7 Å². The topological polar surface area (TPSA) is 188 Å². The molecule has 0 aliphatic carbocycles. The fourth-order valence-corrected chi connectivity index (χ4v) is 3.72. The number of carboxylic acids is 1. The third kappa shape index (κ3) is 14.0. The predicted molar refractivity (Wildman–Crippen MR) is 136 cm³/mol. The maximum absolute atomic E-state index is 13.1. The van der Waals surface area contributed by atoms with Crippen molar-refractivity contribution in [1.29, 1.82) is 0 Å². The van der Waals surface area contributed by atoms with Crippen molar-refractivity contribution in [2.45, 2.75) is 123 Å². The molecule has 0 aromatic carbocycles. The lowest BCUT2D eigenvalue weighted by Gasteiger charge is -2.27. The highest BCUT2D eigenvalue weighted by Crippen LogP contribution is 2.12. The second-order valence-electron chi connectivity index (χ2n) is 9.40. The normalized spacial score (nSPS) is 15.1. The van der Waals surface area contributed by atoms with E-state index in [4.69, 9.17) is 10.8 Å². The number of unbranched alkanes of at least 4 members (excludes halogenated alkanes) is 4. The second-order valence-corrected chi connectivity index (χ2v) is 9.40. The van der Waals surface area contributed by atoms with Gasteiger partial charge in [-0.25, -0.2) is 0 Å². The van der Waals surface area contributed by atoms with E-state index >= 15 is 0 Å². The number of rotatable bonds is 20. The number of amides is 4. The van der Waals surface area contributed by atoms with Crippen LogP contribution in [0.3, 0.4) is 0 Å². The molecule has 36 heavy (non-hydrogen) atoms. The van der Waals surface area contributed by atoms with Crippen molar-refractivity contribution in [2.75, 3.05) is 0 Å². The van der Waals surface area contributed by atoms with E-state index in [9.17, 15) is 29.1 Å². The van der Waals surface area contributed by atoms with Crippen LogP contribution >= 0.6 is 0 Å². The zero-order valence-electron chi connectivity index (χ0n) is 22.2. The zero-order valence-corrected chi connectivity index (χ0v) is 22.2. The van der Waals surface area contributed by atoms with E-state index in [2.05, 4.69) is 22.9 Å². The summed E-state index contributed by atoms with van der Waals surface area (Å²) in [5.74, 6) is -4.32. The first-order valence-electron chi connectivity index (χ1n) is 13.1. The number of aliphatic hydroxyl groups is 1. The quantitative estimate of drug-likeness (QED) is 0.132. The number of carbonyl (C=O) groups is 5. The fourth-order valence-electron chi connectivity index (χ4n) is 3.72. The lowest BCUT2D eigenvalue weighted by molar-refractivity contribution is -0.140. The lowest BCUT2D eigenvalue weighted by atomic mass is 9.97. The van der Waals surface area contributed by atoms with Gasteiger partial charge in [-0.3, -0.25) is 24.0 Å². The monoisotopic (exact) mass is 514 g/mol. The maximum Gasteiger partial charge on any atom is 0.305 e. The van der Waals surface area contributed by atoms with E-state index in [1.807, 2.05) is 6.92 Å². The smallest absolute Gasteiger partial charge is 0.305 e. The van der Waals surface area contributed by atoms with Crippen LogP contribution in [0, 0.1) is 5.92 Å². The molecular weight excluding hydrogens is 468 g/mol. The molecule has 0 aromatic rings. The Labute approximate surface area is 214 Å². The summed E-state index contributed by atoms with van der Waals surface area (Å²) in [5.41, 5.74) is 5.19. The first kappa shape index (κ1) is 33.3. The van der Waals surface area contributed by atoms with Crippen molar-refractivity contribution in [2.24, 2.45) is 11.7 Å². The Kier molecular flexibility index (Phi) is 17.2. The van der Waals surface area contributed by atoms with E-state index in [0.717, 1.165) is 32.1 Å². The van der Waals surface area contributed by atoms with Crippen LogP contribution in [0.15, 0.2) is 0 Å². The minimum absolute atomic E-state index is 0.123.